The number of hydrogen-bond donors (Lipinski definition) is 2. The first-order valence-electron chi connectivity index (χ1n) is 5.57. The number of aromatic nitrogens is 3. The Morgan fingerprint density at radius 1 is 1.50 bits per heavy atom. The maximum absolute atomic E-state index is 11.9. The van der Waals surface area contributed by atoms with E-state index in [1.807, 2.05) is 25.1 Å². The van der Waals surface area contributed by atoms with E-state index < -0.39 is 0 Å². The van der Waals surface area contributed by atoms with Gasteiger partial charge in [-0.1, -0.05) is 12.1 Å². The lowest BCUT2D eigenvalue weighted by Gasteiger charge is -2.08. The van der Waals surface area contributed by atoms with Crippen molar-refractivity contribution in [3.63, 3.8) is 0 Å². The molecule has 0 spiro atoms. The number of amides is 1. The van der Waals surface area contributed by atoms with E-state index in [1.165, 1.54) is 11.0 Å². The van der Waals surface area contributed by atoms with Gasteiger partial charge in [0.2, 0.25) is 0 Å². The van der Waals surface area contributed by atoms with Crippen LogP contribution in [0.2, 0.25) is 0 Å². The zero-order chi connectivity index (χ0) is 13.1. The van der Waals surface area contributed by atoms with E-state index in [9.17, 15) is 4.79 Å². The number of nitrogens with two attached hydrogens (primary N) is 1. The molecule has 94 valence electrons. The van der Waals surface area contributed by atoms with E-state index in [0.717, 1.165) is 16.8 Å². The van der Waals surface area contributed by atoms with Crippen molar-refractivity contribution in [3.05, 3.63) is 41.2 Å². The van der Waals surface area contributed by atoms with Gasteiger partial charge in [-0.2, -0.15) is 9.90 Å². The van der Waals surface area contributed by atoms with Crippen LogP contribution in [0.25, 0.3) is 0 Å². The highest BCUT2D eigenvalue weighted by molar-refractivity contribution is 6.03. The molecule has 0 saturated carbocycles. The summed E-state index contributed by atoms with van der Waals surface area (Å²) in [5, 5.41) is 10.6. The fourth-order valence-electron chi connectivity index (χ4n) is 1.57. The predicted octanol–water partition coefficient (Wildman–Crippen LogP) is 0.835. The van der Waals surface area contributed by atoms with Gasteiger partial charge in [-0.15, -0.1) is 5.10 Å². The Morgan fingerprint density at radius 2 is 2.28 bits per heavy atom. The van der Waals surface area contributed by atoms with Crippen molar-refractivity contribution in [1.29, 1.82) is 0 Å². The van der Waals surface area contributed by atoms with Crippen molar-refractivity contribution in [2.24, 2.45) is 12.8 Å². The minimum atomic E-state index is -0.277. The van der Waals surface area contributed by atoms with Gasteiger partial charge in [0.25, 0.3) is 5.91 Å². The quantitative estimate of drug-likeness (QED) is 0.838. The number of carbonyl (C=O) groups is 1. The Kier molecular flexibility index (Phi) is 3.38. The lowest BCUT2D eigenvalue weighted by Crippen LogP contribution is -2.14. The van der Waals surface area contributed by atoms with Gasteiger partial charge in [0, 0.05) is 19.3 Å². The van der Waals surface area contributed by atoms with E-state index in [-0.39, 0.29) is 11.6 Å². The molecule has 0 radical (unpaired) electrons. The normalized spacial score (nSPS) is 10.4. The molecule has 0 bridgehead atoms. The van der Waals surface area contributed by atoms with Gasteiger partial charge in [0.1, 0.15) is 0 Å². The zero-order valence-corrected chi connectivity index (χ0v) is 10.3. The molecule has 1 amide bonds. The van der Waals surface area contributed by atoms with E-state index in [2.05, 4.69) is 15.5 Å². The minimum absolute atomic E-state index is 0.277. The summed E-state index contributed by atoms with van der Waals surface area (Å²) < 4.78 is 0. The molecule has 0 aliphatic heterocycles. The van der Waals surface area contributed by atoms with Crippen LogP contribution in [-0.4, -0.2) is 20.9 Å². The topological polar surface area (TPSA) is 85.8 Å². The van der Waals surface area contributed by atoms with Crippen LogP contribution in [0.15, 0.2) is 24.4 Å². The molecule has 0 saturated heterocycles. The van der Waals surface area contributed by atoms with Crippen molar-refractivity contribution >= 4 is 11.6 Å². The highest BCUT2D eigenvalue weighted by Crippen LogP contribution is 2.17. The number of nitrogens with zero attached hydrogens (tertiary/aromatic N) is 3. The number of benzene rings is 1. The van der Waals surface area contributed by atoms with Crippen LogP contribution >= 0.6 is 0 Å². The third-order valence-electron chi connectivity index (χ3n) is 2.62. The Morgan fingerprint density at radius 3 is 2.89 bits per heavy atom. The lowest BCUT2D eigenvalue weighted by atomic mass is 10.1. The first-order valence-corrected chi connectivity index (χ1v) is 5.57. The fraction of sp³-hybridized carbons (Fsp3) is 0.250. The molecule has 6 nitrogen and oxygen atoms in total. The third-order valence-corrected chi connectivity index (χ3v) is 2.62. The average Bonchev–Trinajstić information content (AvgIpc) is 2.79. The van der Waals surface area contributed by atoms with E-state index in [0.29, 0.717) is 6.54 Å². The second-order valence-corrected chi connectivity index (χ2v) is 4.03. The molecule has 1 heterocycles. The van der Waals surface area contributed by atoms with Gasteiger partial charge < -0.3 is 11.1 Å². The van der Waals surface area contributed by atoms with Gasteiger partial charge in [-0.3, -0.25) is 4.79 Å². The summed E-state index contributed by atoms with van der Waals surface area (Å²) in [6, 6.07) is 5.73. The van der Waals surface area contributed by atoms with Crippen molar-refractivity contribution in [3.8, 4) is 0 Å². The predicted molar refractivity (Wildman–Crippen MR) is 68.0 cm³/mol. The average molecular weight is 245 g/mol. The number of nitrogens with one attached hydrogen (secondary N) is 1. The second-order valence-electron chi connectivity index (χ2n) is 4.03. The smallest absolute Gasteiger partial charge is 0.277 e. The number of carbonyl (C=O) groups excluding carboxylic acids is 1. The summed E-state index contributed by atoms with van der Waals surface area (Å²) >= 11 is 0. The molecule has 6 heteroatoms. The second kappa shape index (κ2) is 4.97. The van der Waals surface area contributed by atoms with Gasteiger partial charge >= 0.3 is 0 Å². The van der Waals surface area contributed by atoms with Crippen LogP contribution in [0.3, 0.4) is 0 Å². The van der Waals surface area contributed by atoms with Gasteiger partial charge in [0.15, 0.2) is 5.69 Å². The van der Waals surface area contributed by atoms with E-state index >= 15 is 0 Å². The summed E-state index contributed by atoms with van der Waals surface area (Å²) in [5.41, 5.74) is 8.55. The molecule has 1 aromatic heterocycles. The maximum Gasteiger partial charge on any atom is 0.277 e. The van der Waals surface area contributed by atoms with Gasteiger partial charge in [-0.05, 0) is 24.1 Å². The molecule has 18 heavy (non-hydrogen) atoms. The number of aryl methyl sites for hydroxylation is 2. The van der Waals surface area contributed by atoms with Crippen LogP contribution in [0.4, 0.5) is 5.69 Å². The SMILES string of the molecule is Cc1ccc(CN)cc1NC(=O)c1cnn(C)n1. The maximum atomic E-state index is 11.9. The van der Waals surface area contributed by atoms with Crippen LogP contribution < -0.4 is 11.1 Å². The summed E-state index contributed by atoms with van der Waals surface area (Å²) in [6.07, 6.45) is 1.43. The molecule has 0 unspecified atom stereocenters. The Hall–Kier alpha value is -2.21. The van der Waals surface area contributed by atoms with Gasteiger partial charge in [0.05, 0.1) is 6.20 Å². The highest BCUT2D eigenvalue weighted by Gasteiger charge is 2.11. The molecule has 0 aliphatic rings. The summed E-state index contributed by atoms with van der Waals surface area (Å²) in [6.45, 7) is 2.36. The van der Waals surface area contributed by atoms with Gasteiger partial charge in [-0.25, -0.2) is 0 Å². The van der Waals surface area contributed by atoms with Crippen molar-refractivity contribution < 1.29 is 4.79 Å². The van der Waals surface area contributed by atoms with Crippen LogP contribution in [0.5, 0.6) is 0 Å². The molecular weight excluding hydrogens is 230 g/mol. The Labute approximate surface area is 105 Å². The largest absolute Gasteiger partial charge is 0.326 e. The summed E-state index contributed by atoms with van der Waals surface area (Å²) in [5.74, 6) is -0.277. The number of anilines is 1. The first-order chi connectivity index (χ1) is 8.60. The van der Waals surface area contributed by atoms with Crippen LogP contribution in [-0.2, 0) is 13.6 Å². The Balaban J connectivity index is 2.21. The molecular formula is C12H15N5O. The first kappa shape index (κ1) is 12.3. The molecule has 0 atom stereocenters. The number of hydrogen-bond acceptors (Lipinski definition) is 4. The molecule has 2 rings (SSSR count). The summed E-state index contributed by atoms with van der Waals surface area (Å²) in [4.78, 5) is 13.3. The van der Waals surface area contributed by atoms with Crippen molar-refractivity contribution in [2.45, 2.75) is 13.5 Å². The van der Waals surface area contributed by atoms with Crippen LogP contribution in [0, 0.1) is 6.92 Å². The lowest BCUT2D eigenvalue weighted by molar-refractivity contribution is 0.102. The highest BCUT2D eigenvalue weighted by atomic mass is 16.2. The Bertz CT molecular complexity index is 576. The number of rotatable bonds is 3. The van der Waals surface area contributed by atoms with Crippen molar-refractivity contribution in [1.82, 2.24) is 15.0 Å². The molecule has 1 aromatic carbocycles. The standard InChI is InChI=1S/C12H15N5O/c1-8-3-4-9(6-13)5-10(8)15-12(18)11-7-14-17(2)16-11/h3-5,7H,6,13H2,1-2H3,(H,15,18). The van der Waals surface area contributed by atoms with Crippen molar-refractivity contribution in [2.75, 3.05) is 5.32 Å². The fourth-order valence-corrected chi connectivity index (χ4v) is 1.57. The van der Waals surface area contributed by atoms with E-state index in [4.69, 9.17) is 5.73 Å². The molecule has 0 aliphatic carbocycles. The monoisotopic (exact) mass is 245 g/mol. The van der Waals surface area contributed by atoms with E-state index in [1.54, 1.807) is 7.05 Å². The molecule has 2 aromatic rings. The summed E-state index contributed by atoms with van der Waals surface area (Å²) in [7, 11) is 1.66. The molecule has 3 N–H and O–H groups in total. The zero-order valence-electron chi connectivity index (χ0n) is 10.3. The van der Waals surface area contributed by atoms with Crippen LogP contribution in [0.1, 0.15) is 21.6 Å². The minimum Gasteiger partial charge on any atom is -0.326 e. The molecule has 0 fully saturated rings. The third kappa shape index (κ3) is 2.54.